The number of oxazole rings is 1. The Morgan fingerprint density at radius 1 is 1.19 bits per heavy atom. The minimum Gasteiger partial charge on any atom is -0.442 e. The van der Waals surface area contributed by atoms with Crippen LogP contribution in [0.2, 0.25) is 5.02 Å². The van der Waals surface area contributed by atoms with Gasteiger partial charge >= 0.3 is 0 Å². The standard InChI is InChI=1S/C18H15ClN6O/c19-13-5-6-14-15(9-13)25(17(23-14)18-22-7-8-26-18)10-11-1-3-12(4-2-11)16(20)24-21/h1-9H,10,21H2,(H2,20,24). The first kappa shape index (κ1) is 16.2. The molecule has 26 heavy (non-hydrogen) atoms. The molecule has 2 aromatic carbocycles. The maximum absolute atomic E-state index is 6.18. The van der Waals surface area contributed by atoms with Crippen LogP contribution in [0, 0.1) is 0 Å². The Bertz CT molecular complexity index is 1080. The van der Waals surface area contributed by atoms with E-state index in [4.69, 9.17) is 27.6 Å². The molecule has 0 spiro atoms. The van der Waals surface area contributed by atoms with Crippen molar-refractivity contribution in [3.8, 4) is 11.7 Å². The van der Waals surface area contributed by atoms with Crippen molar-refractivity contribution in [3.05, 3.63) is 71.1 Å². The first-order valence-corrected chi connectivity index (χ1v) is 8.22. The molecular formula is C18H15ClN6O. The fourth-order valence-corrected chi connectivity index (χ4v) is 2.96. The first-order chi connectivity index (χ1) is 12.7. The molecule has 0 fully saturated rings. The van der Waals surface area contributed by atoms with Crippen molar-refractivity contribution in [2.24, 2.45) is 16.7 Å². The number of nitrogens with two attached hydrogens (primary N) is 2. The summed E-state index contributed by atoms with van der Waals surface area (Å²) in [5, 5.41) is 4.15. The highest BCUT2D eigenvalue weighted by Crippen LogP contribution is 2.27. The van der Waals surface area contributed by atoms with Gasteiger partial charge in [-0.15, -0.1) is 0 Å². The summed E-state index contributed by atoms with van der Waals surface area (Å²) >= 11 is 6.18. The lowest BCUT2D eigenvalue weighted by molar-refractivity contribution is 0.564. The van der Waals surface area contributed by atoms with Crippen molar-refractivity contribution >= 4 is 28.5 Å². The topological polar surface area (TPSA) is 108 Å². The lowest BCUT2D eigenvalue weighted by atomic mass is 10.1. The summed E-state index contributed by atoms with van der Waals surface area (Å²) < 4.78 is 7.47. The van der Waals surface area contributed by atoms with Gasteiger partial charge in [0.15, 0.2) is 5.82 Å². The number of aromatic nitrogens is 3. The quantitative estimate of drug-likeness (QED) is 0.250. The Kier molecular flexibility index (Phi) is 4.06. The van der Waals surface area contributed by atoms with Crippen LogP contribution >= 0.6 is 11.6 Å². The number of fused-ring (bicyclic) bond motifs is 1. The number of rotatable bonds is 4. The summed E-state index contributed by atoms with van der Waals surface area (Å²) in [6, 6.07) is 13.2. The predicted molar refractivity (Wildman–Crippen MR) is 101 cm³/mol. The monoisotopic (exact) mass is 366 g/mol. The molecule has 130 valence electrons. The molecule has 0 aliphatic heterocycles. The van der Waals surface area contributed by atoms with Crippen molar-refractivity contribution in [1.82, 2.24) is 14.5 Å². The smallest absolute Gasteiger partial charge is 0.263 e. The van der Waals surface area contributed by atoms with Crippen molar-refractivity contribution in [2.75, 3.05) is 0 Å². The number of hydrazone groups is 1. The van der Waals surface area contributed by atoms with Gasteiger partial charge in [0.05, 0.1) is 17.2 Å². The lowest BCUT2D eigenvalue weighted by Crippen LogP contribution is -2.15. The van der Waals surface area contributed by atoms with Crippen LogP contribution in [0.4, 0.5) is 0 Å². The molecule has 7 nitrogen and oxygen atoms in total. The molecule has 0 radical (unpaired) electrons. The Morgan fingerprint density at radius 2 is 2.00 bits per heavy atom. The van der Waals surface area contributed by atoms with E-state index in [0.29, 0.717) is 23.3 Å². The van der Waals surface area contributed by atoms with Gasteiger partial charge < -0.3 is 20.6 Å². The number of hydrogen-bond donors (Lipinski definition) is 2. The van der Waals surface area contributed by atoms with E-state index < -0.39 is 0 Å². The van der Waals surface area contributed by atoms with Crippen LogP contribution in [-0.2, 0) is 6.54 Å². The third-order valence-electron chi connectivity index (χ3n) is 4.06. The average Bonchev–Trinajstić information content (AvgIpc) is 3.30. The Hall–Kier alpha value is -3.32. The lowest BCUT2D eigenvalue weighted by Gasteiger charge is -2.09. The van der Waals surface area contributed by atoms with Gasteiger partial charge in [-0.1, -0.05) is 35.9 Å². The molecule has 2 aromatic heterocycles. The van der Waals surface area contributed by atoms with Crippen molar-refractivity contribution < 1.29 is 4.42 Å². The summed E-state index contributed by atoms with van der Waals surface area (Å²) in [4.78, 5) is 8.87. The second kappa shape index (κ2) is 6.53. The number of halogens is 1. The van der Waals surface area contributed by atoms with Crippen molar-refractivity contribution in [1.29, 1.82) is 0 Å². The molecule has 0 atom stereocenters. The molecule has 4 N–H and O–H groups in total. The minimum absolute atomic E-state index is 0.289. The fourth-order valence-electron chi connectivity index (χ4n) is 2.79. The molecule has 8 heteroatoms. The van der Waals surface area contributed by atoms with E-state index in [1.165, 1.54) is 6.26 Å². The van der Waals surface area contributed by atoms with Crippen LogP contribution in [-0.4, -0.2) is 20.4 Å². The molecule has 4 rings (SSSR count). The largest absolute Gasteiger partial charge is 0.442 e. The van der Waals surface area contributed by atoms with Gasteiger partial charge in [-0.2, -0.15) is 5.10 Å². The van der Waals surface area contributed by atoms with Crippen LogP contribution in [0.5, 0.6) is 0 Å². The summed E-state index contributed by atoms with van der Waals surface area (Å²) in [5.41, 5.74) is 9.27. The fraction of sp³-hybridized carbons (Fsp3) is 0.0556. The maximum atomic E-state index is 6.18. The van der Waals surface area contributed by atoms with Gasteiger partial charge in [-0.3, -0.25) is 0 Å². The summed E-state index contributed by atoms with van der Waals surface area (Å²) in [6.07, 6.45) is 3.12. The van der Waals surface area contributed by atoms with Gasteiger partial charge in [0.1, 0.15) is 12.1 Å². The SMILES string of the molecule is N/N=C(\N)c1ccc(Cn2c(-c3ncco3)nc3ccc(Cl)cc32)cc1. The Labute approximate surface area is 153 Å². The van der Waals surface area contributed by atoms with Gasteiger partial charge in [0.25, 0.3) is 5.89 Å². The summed E-state index contributed by atoms with van der Waals surface area (Å²) in [6.45, 7) is 0.564. The summed E-state index contributed by atoms with van der Waals surface area (Å²) in [7, 11) is 0. The molecule has 0 aliphatic rings. The van der Waals surface area contributed by atoms with E-state index in [9.17, 15) is 0 Å². The molecule has 0 bridgehead atoms. The Balaban J connectivity index is 1.80. The first-order valence-electron chi connectivity index (χ1n) is 7.84. The number of benzene rings is 2. The normalized spacial score (nSPS) is 12.0. The number of amidine groups is 1. The van der Waals surface area contributed by atoms with Gasteiger partial charge in [0.2, 0.25) is 0 Å². The van der Waals surface area contributed by atoms with Crippen LogP contribution in [0.1, 0.15) is 11.1 Å². The molecule has 0 saturated heterocycles. The van der Waals surface area contributed by atoms with Crippen molar-refractivity contribution in [2.45, 2.75) is 6.54 Å². The third kappa shape index (κ3) is 2.89. The minimum atomic E-state index is 0.289. The highest BCUT2D eigenvalue weighted by Gasteiger charge is 2.16. The van der Waals surface area contributed by atoms with Crippen LogP contribution in [0.3, 0.4) is 0 Å². The zero-order valence-electron chi connectivity index (χ0n) is 13.6. The van der Waals surface area contributed by atoms with E-state index in [1.54, 1.807) is 6.20 Å². The van der Waals surface area contributed by atoms with E-state index in [1.807, 2.05) is 47.0 Å². The van der Waals surface area contributed by atoms with Crippen molar-refractivity contribution in [3.63, 3.8) is 0 Å². The summed E-state index contributed by atoms with van der Waals surface area (Å²) in [5.74, 6) is 6.60. The molecule has 4 aromatic rings. The van der Waals surface area contributed by atoms with Crippen LogP contribution in [0.25, 0.3) is 22.7 Å². The van der Waals surface area contributed by atoms with Crippen LogP contribution < -0.4 is 11.6 Å². The van der Waals surface area contributed by atoms with Gasteiger partial charge in [0, 0.05) is 17.1 Å². The third-order valence-corrected chi connectivity index (χ3v) is 4.30. The molecule has 0 unspecified atom stereocenters. The second-order valence-corrected chi connectivity index (χ2v) is 6.14. The zero-order valence-corrected chi connectivity index (χ0v) is 14.4. The van der Waals surface area contributed by atoms with E-state index >= 15 is 0 Å². The van der Waals surface area contributed by atoms with E-state index in [0.717, 1.165) is 22.2 Å². The number of imidazole rings is 1. The maximum Gasteiger partial charge on any atom is 0.263 e. The molecule has 0 amide bonds. The van der Waals surface area contributed by atoms with Gasteiger partial charge in [-0.05, 0) is 23.8 Å². The van der Waals surface area contributed by atoms with E-state index in [2.05, 4.69) is 15.1 Å². The highest BCUT2D eigenvalue weighted by atomic mass is 35.5. The predicted octanol–water partition coefficient (Wildman–Crippen LogP) is 2.97. The number of nitrogens with zero attached hydrogens (tertiary/aromatic N) is 4. The molecule has 2 heterocycles. The second-order valence-electron chi connectivity index (χ2n) is 5.70. The zero-order chi connectivity index (χ0) is 18.1. The van der Waals surface area contributed by atoms with Gasteiger partial charge in [-0.25, -0.2) is 9.97 Å². The highest BCUT2D eigenvalue weighted by molar-refractivity contribution is 6.31. The molecular weight excluding hydrogens is 352 g/mol. The molecule has 0 aliphatic carbocycles. The average molecular weight is 367 g/mol. The molecule has 0 saturated carbocycles. The Morgan fingerprint density at radius 3 is 2.69 bits per heavy atom. The van der Waals surface area contributed by atoms with Crippen LogP contribution in [0.15, 0.2) is 64.4 Å². The van der Waals surface area contributed by atoms with E-state index in [-0.39, 0.29) is 5.84 Å². The number of hydrogen-bond acceptors (Lipinski definition) is 5.